The molecule has 0 aliphatic heterocycles. The number of para-hydroxylation sites is 1. The molecule has 2 rings (SSSR count). The van der Waals surface area contributed by atoms with Gasteiger partial charge in [-0.1, -0.05) is 36.7 Å². The summed E-state index contributed by atoms with van der Waals surface area (Å²) in [6.45, 7) is 7.30. The molecule has 0 fully saturated rings. The van der Waals surface area contributed by atoms with Crippen LogP contribution in [0.4, 0.5) is 0 Å². The monoisotopic (exact) mass is 262 g/mol. The van der Waals surface area contributed by atoms with E-state index in [9.17, 15) is 0 Å². The molecule has 18 heavy (non-hydrogen) atoms. The topological polar surface area (TPSA) is 24.9 Å². The van der Waals surface area contributed by atoms with Crippen LogP contribution in [0.25, 0.3) is 10.9 Å². The molecule has 0 bridgehead atoms. The summed E-state index contributed by atoms with van der Waals surface area (Å²) in [5, 5.41) is 5.23. The SMILES string of the molecule is CCC(C)(C)NCc1cc2ccccc2nc1Cl. The highest BCUT2D eigenvalue weighted by molar-refractivity contribution is 6.30. The zero-order valence-electron chi connectivity index (χ0n) is 11.1. The second-order valence-electron chi connectivity index (χ2n) is 5.22. The van der Waals surface area contributed by atoms with Crippen molar-refractivity contribution in [1.82, 2.24) is 10.3 Å². The molecule has 1 heterocycles. The van der Waals surface area contributed by atoms with Crippen LogP contribution in [-0.2, 0) is 6.54 Å². The lowest BCUT2D eigenvalue weighted by molar-refractivity contribution is 0.374. The first kappa shape index (κ1) is 13.3. The van der Waals surface area contributed by atoms with E-state index in [0.29, 0.717) is 5.15 Å². The van der Waals surface area contributed by atoms with Gasteiger partial charge in [-0.3, -0.25) is 0 Å². The summed E-state index contributed by atoms with van der Waals surface area (Å²) in [6, 6.07) is 10.2. The minimum atomic E-state index is 0.120. The summed E-state index contributed by atoms with van der Waals surface area (Å²) in [7, 11) is 0. The molecule has 0 saturated heterocycles. The summed E-state index contributed by atoms with van der Waals surface area (Å²) in [5.41, 5.74) is 2.12. The standard InChI is InChI=1S/C15H19ClN2/c1-4-15(2,3)17-10-12-9-11-7-5-6-8-13(11)18-14(12)16/h5-9,17H,4,10H2,1-3H3. The van der Waals surface area contributed by atoms with Gasteiger partial charge in [0, 0.05) is 23.0 Å². The molecule has 0 aliphatic rings. The average molecular weight is 263 g/mol. The fraction of sp³-hybridized carbons (Fsp3) is 0.400. The molecule has 0 aliphatic carbocycles. The average Bonchev–Trinajstić information content (AvgIpc) is 2.36. The molecule has 0 amide bonds. The third-order valence-corrected chi connectivity index (χ3v) is 3.72. The fourth-order valence-corrected chi connectivity index (χ4v) is 1.93. The van der Waals surface area contributed by atoms with Crippen molar-refractivity contribution in [3.05, 3.63) is 41.0 Å². The van der Waals surface area contributed by atoms with Crippen LogP contribution in [0.3, 0.4) is 0 Å². The van der Waals surface area contributed by atoms with E-state index in [1.54, 1.807) is 0 Å². The van der Waals surface area contributed by atoms with E-state index in [1.165, 1.54) is 0 Å². The second-order valence-corrected chi connectivity index (χ2v) is 5.58. The molecule has 0 saturated carbocycles. The van der Waals surface area contributed by atoms with Gasteiger partial charge in [0.25, 0.3) is 0 Å². The molecule has 2 aromatic rings. The zero-order valence-corrected chi connectivity index (χ0v) is 11.9. The quantitative estimate of drug-likeness (QED) is 0.837. The highest BCUT2D eigenvalue weighted by atomic mass is 35.5. The largest absolute Gasteiger partial charge is 0.308 e. The number of hydrogen-bond donors (Lipinski definition) is 1. The molecule has 3 heteroatoms. The third-order valence-electron chi connectivity index (χ3n) is 3.39. The number of halogens is 1. The predicted octanol–water partition coefficient (Wildman–Crippen LogP) is 4.17. The minimum absolute atomic E-state index is 0.120. The Morgan fingerprint density at radius 1 is 1.28 bits per heavy atom. The fourth-order valence-electron chi connectivity index (χ4n) is 1.72. The Hall–Kier alpha value is -1.12. The van der Waals surface area contributed by atoms with Crippen LogP contribution in [0, 0.1) is 0 Å². The van der Waals surface area contributed by atoms with Crippen LogP contribution >= 0.6 is 11.6 Å². The maximum Gasteiger partial charge on any atom is 0.134 e. The van der Waals surface area contributed by atoms with Gasteiger partial charge in [-0.15, -0.1) is 0 Å². The molecule has 2 nitrogen and oxygen atoms in total. The minimum Gasteiger partial charge on any atom is -0.308 e. The van der Waals surface area contributed by atoms with E-state index in [0.717, 1.165) is 29.4 Å². The van der Waals surface area contributed by atoms with Gasteiger partial charge in [-0.25, -0.2) is 4.98 Å². The molecule has 1 aromatic heterocycles. The van der Waals surface area contributed by atoms with Gasteiger partial charge in [0.15, 0.2) is 0 Å². The van der Waals surface area contributed by atoms with Gasteiger partial charge in [0.2, 0.25) is 0 Å². The van der Waals surface area contributed by atoms with Crippen molar-refractivity contribution in [2.24, 2.45) is 0 Å². The highest BCUT2D eigenvalue weighted by Gasteiger charge is 2.14. The summed E-state index contributed by atoms with van der Waals surface area (Å²) in [6.07, 6.45) is 1.08. The van der Waals surface area contributed by atoms with Crippen molar-refractivity contribution in [2.75, 3.05) is 0 Å². The van der Waals surface area contributed by atoms with Crippen molar-refractivity contribution in [3.8, 4) is 0 Å². The van der Waals surface area contributed by atoms with Crippen molar-refractivity contribution in [3.63, 3.8) is 0 Å². The van der Waals surface area contributed by atoms with Crippen molar-refractivity contribution in [2.45, 2.75) is 39.3 Å². The van der Waals surface area contributed by atoms with Gasteiger partial charge in [0.1, 0.15) is 5.15 Å². The molecule has 0 atom stereocenters. The maximum absolute atomic E-state index is 6.22. The molecule has 0 radical (unpaired) electrons. The Morgan fingerprint density at radius 2 is 2.00 bits per heavy atom. The Kier molecular flexibility index (Phi) is 3.88. The second kappa shape index (κ2) is 5.25. The number of hydrogen-bond acceptors (Lipinski definition) is 2. The van der Waals surface area contributed by atoms with E-state index in [1.807, 2.05) is 18.2 Å². The number of benzene rings is 1. The lowest BCUT2D eigenvalue weighted by Crippen LogP contribution is -2.37. The van der Waals surface area contributed by atoms with Crippen molar-refractivity contribution in [1.29, 1.82) is 0 Å². The molecule has 1 N–H and O–H groups in total. The van der Waals surface area contributed by atoms with E-state index < -0.39 is 0 Å². The van der Waals surface area contributed by atoms with Gasteiger partial charge in [0.05, 0.1) is 5.52 Å². The van der Waals surface area contributed by atoms with Crippen molar-refractivity contribution < 1.29 is 0 Å². The molecular weight excluding hydrogens is 244 g/mol. The molecule has 0 spiro atoms. The van der Waals surface area contributed by atoms with E-state index in [-0.39, 0.29) is 5.54 Å². The van der Waals surface area contributed by atoms with Crippen LogP contribution in [0.5, 0.6) is 0 Å². The van der Waals surface area contributed by atoms with Crippen LogP contribution in [0.2, 0.25) is 5.15 Å². The maximum atomic E-state index is 6.22. The number of nitrogens with zero attached hydrogens (tertiary/aromatic N) is 1. The van der Waals surface area contributed by atoms with E-state index in [2.05, 4.69) is 43.2 Å². The molecular formula is C15H19ClN2. The Labute approximate surface area is 113 Å². The zero-order chi connectivity index (χ0) is 13.2. The lowest BCUT2D eigenvalue weighted by atomic mass is 10.0. The lowest BCUT2D eigenvalue weighted by Gasteiger charge is -2.24. The Balaban J connectivity index is 2.25. The van der Waals surface area contributed by atoms with Crippen LogP contribution in [-0.4, -0.2) is 10.5 Å². The first-order valence-corrected chi connectivity index (χ1v) is 6.69. The van der Waals surface area contributed by atoms with Crippen molar-refractivity contribution >= 4 is 22.5 Å². The van der Waals surface area contributed by atoms with Gasteiger partial charge in [-0.2, -0.15) is 0 Å². The van der Waals surface area contributed by atoms with Crippen LogP contribution < -0.4 is 5.32 Å². The number of aromatic nitrogens is 1. The number of nitrogens with one attached hydrogen (secondary N) is 1. The molecule has 0 unspecified atom stereocenters. The first-order chi connectivity index (χ1) is 8.52. The third kappa shape index (κ3) is 3.01. The van der Waals surface area contributed by atoms with E-state index in [4.69, 9.17) is 11.6 Å². The van der Waals surface area contributed by atoms with Crippen LogP contribution in [0.1, 0.15) is 32.8 Å². The first-order valence-electron chi connectivity index (χ1n) is 6.31. The molecule has 96 valence electrons. The van der Waals surface area contributed by atoms with Gasteiger partial charge >= 0.3 is 0 Å². The van der Waals surface area contributed by atoms with Gasteiger partial charge < -0.3 is 5.32 Å². The Morgan fingerprint density at radius 3 is 2.72 bits per heavy atom. The summed E-state index contributed by atoms with van der Waals surface area (Å²) in [4.78, 5) is 4.43. The summed E-state index contributed by atoms with van der Waals surface area (Å²) in [5.74, 6) is 0. The van der Waals surface area contributed by atoms with Crippen LogP contribution in [0.15, 0.2) is 30.3 Å². The van der Waals surface area contributed by atoms with Gasteiger partial charge in [-0.05, 0) is 32.4 Å². The summed E-state index contributed by atoms with van der Waals surface area (Å²) < 4.78 is 0. The normalized spacial score (nSPS) is 12.0. The smallest absolute Gasteiger partial charge is 0.134 e. The Bertz CT molecular complexity index is 549. The predicted molar refractivity (Wildman–Crippen MR) is 78.0 cm³/mol. The summed E-state index contributed by atoms with van der Waals surface area (Å²) >= 11 is 6.22. The highest BCUT2D eigenvalue weighted by Crippen LogP contribution is 2.21. The number of rotatable bonds is 4. The number of pyridine rings is 1. The molecule has 1 aromatic carbocycles. The number of fused-ring (bicyclic) bond motifs is 1. The van der Waals surface area contributed by atoms with E-state index >= 15 is 0 Å².